The zero-order valence-corrected chi connectivity index (χ0v) is 19.0. The molecule has 34 heavy (non-hydrogen) atoms. The lowest BCUT2D eigenvalue weighted by Crippen LogP contribution is -2.33. The number of aryl methyl sites for hydroxylation is 1. The first-order chi connectivity index (χ1) is 16.1. The summed E-state index contributed by atoms with van der Waals surface area (Å²) in [6.45, 7) is 0.800. The molecule has 1 aliphatic heterocycles. The van der Waals surface area contributed by atoms with Crippen molar-refractivity contribution >= 4 is 7.82 Å². The van der Waals surface area contributed by atoms with Gasteiger partial charge in [0.25, 0.3) is 5.56 Å². The van der Waals surface area contributed by atoms with Gasteiger partial charge in [-0.15, -0.1) is 0 Å². The lowest BCUT2D eigenvalue weighted by molar-refractivity contribution is -0.219. The maximum absolute atomic E-state index is 12.3. The normalized spacial score (nSPS) is 22.5. The van der Waals surface area contributed by atoms with Gasteiger partial charge in [0.2, 0.25) is 0 Å². The second-order valence-electron chi connectivity index (χ2n) is 7.74. The van der Waals surface area contributed by atoms with Gasteiger partial charge >= 0.3 is 13.5 Å². The van der Waals surface area contributed by atoms with Crippen LogP contribution in [0.4, 0.5) is 0 Å². The molecule has 1 fully saturated rings. The van der Waals surface area contributed by atoms with Crippen LogP contribution in [0.2, 0.25) is 0 Å². The number of azide groups is 1. The van der Waals surface area contributed by atoms with Crippen molar-refractivity contribution in [1.82, 2.24) is 9.55 Å². The molecule has 2 aromatic rings. The average Bonchev–Trinajstić information content (AvgIpc) is 3.19. The molecule has 0 bridgehead atoms. The van der Waals surface area contributed by atoms with Crippen molar-refractivity contribution in [2.24, 2.45) is 10.8 Å². The van der Waals surface area contributed by atoms with Gasteiger partial charge in [-0.3, -0.25) is 18.9 Å². The number of rotatable bonds is 10. The zero-order valence-electron chi connectivity index (χ0n) is 18.1. The molecule has 1 saturated heterocycles. The highest BCUT2D eigenvalue weighted by Gasteiger charge is 2.37. The summed E-state index contributed by atoms with van der Waals surface area (Å²) >= 11 is 0. The lowest BCUT2D eigenvalue weighted by Gasteiger charge is -2.25. The third-order valence-electron chi connectivity index (χ3n) is 5.13. The standard InChI is InChI=1S/C19H25N6O8P/c1-11-8-25(19(28)22-18(11)27)17-7-15(23-24-21)16(32-17)10-31-34(29,30)33-14-4-2-12(3-5-14)6-13(20)9-26/h2-5,8,13,15-17,26H,6-7,9-10,20H2,1H3,(H,29,30)(H,22,27,28)/p-1/t13-,15-,16+,17+/m0/s1. The largest absolute Gasteiger partial charge is 0.746 e. The predicted molar refractivity (Wildman–Crippen MR) is 117 cm³/mol. The summed E-state index contributed by atoms with van der Waals surface area (Å²) in [5, 5.41) is 12.6. The Labute approximate surface area is 193 Å². The first-order valence-electron chi connectivity index (χ1n) is 10.2. The van der Waals surface area contributed by atoms with Crippen LogP contribution in [0.1, 0.15) is 23.8 Å². The zero-order chi connectivity index (χ0) is 24.9. The van der Waals surface area contributed by atoms with Gasteiger partial charge in [0.05, 0.1) is 25.4 Å². The molecule has 0 amide bonds. The molecule has 184 valence electrons. The van der Waals surface area contributed by atoms with Crippen LogP contribution in [-0.4, -0.2) is 46.1 Å². The number of nitrogens with zero attached hydrogens (tertiary/aromatic N) is 4. The van der Waals surface area contributed by atoms with Crippen molar-refractivity contribution in [3.63, 3.8) is 0 Å². The third kappa shape index (κ3) is 6.55. The molecule has 15 heteroatoms. The molecule has 3 rings (SSSR count). The first kappa shape index (κ1) is 25.7. The second-order valence-corrected chi connectivity index (χ2v) is 9.08. The minimum atomic E-state index is -4.82. The number of hydrogen-bond acceptors (Lipinski definition) is 10. The topological polar surface area (TPSA) is 218 Å². The Morgan fingerprint density at radius 3 is 2.79 bits per heavy atom. The molecule has 2 heterocycles. The monoisotopic (exact) mass is 495 g/mol. The van der Waals surface area contributed by atoms with E-state index in [-0.39, 0.29) is 24.3 Å². The van der Waals surface area contributed by atoms with Gasteiger partial charge in [-0.25, -0.2) is 4.79 Å². The van der Waals surface area contributed by atoms with E-state index in [0.717, 1.165) is 10.1 Å². The van der Waals surface area contributed by atoms with Gasteiger partial charge in [0, 0.05) is 29.1 Å². The van der Waals surface area contributed by atoms with Crippen molar-refractivity contribution in [2.75, 3.05) is 13.2 Å². The maximum Gasteiger partial charge on any atom is 0.330 e. The smallest absolute Gasteiger partial charge is 0.330 e. The number of aliphatic hydroxyl groups excluding tert-OH is 1. The Hall–Kier alpha value is -2.96. The Morgan fingerprint density at radius 2 is 2.15 bits per heavy atom. The quantitative estimate of drug-likeness (QED) is 0.178. The number of aliphatic hydroxyl groups is 1. The van der Waals surface area contributed by atoms with E-state index in [1.165, 1.54) is 25.3 Å². The number of hydrogen-bond donors (Lipinski definition) is 3. The molecule has 1 aromatic heterocycles. The second kappa shape index (κ2) is 11.0. The van der Waals surface area contributed by atoms with E-state index >= 15 is 0 Å². The number of aromatic nitrogens is 2. The average molecular weight is 495 g/mol. The van der Waals surface area contributed by atoms with Crippen LogP contribution in [0.3, 0.4) is 0 Å². The first-order valence-corrected chi connectivity index (χ1v) is 11.7. The van der Waals surface area contributed by atoms with Gasteiger partial charge in [-0.1, -0.05) is 17.2 Å². The highest BCUT2D eigenvalue weighted by Crippen LogP contribution is 2.41. The minimum absolute atomic E-state index is 0.00623. The van der Waals surface area contributed by atoms with E-state index in [0.29, 0.717) is 6.42 Å². The van der Waals surface area contributed by atoms with Gasteiger partial charge < -0.3 is 29.5 Å². The number of phosphoric ester groups is 1. The van der Waals surface area contributed by atoms with E-state index < -0.39 is 50.1 Å². The van der Waals surface area contributed by atoms with E-state index in [1.54, 1.807) is 12.1 Å². The number of phosphoric acid groups is 1. The Kier molecular flexibility index (Phi) is 8.28. The summed E-state index contributed by atoms with van der Waals surface area (Å²) in [7, 11) is -4.82. The molecule has 0 spiro atoms. The molecule has 1 unspecified atom stereocenters. The lowest BCUT2D eigenvalue weighted by atomic mass is 10.1. The molecule has 1 aromatic carbocycles. The molecule has 0 radical (unpaired) electrons. The molecular formula is C19H24N6O8P-. The Morgan fingerprint density at radius 1 is 1.44 bits per heavy atom. The Bertz CT molecular complexity index is 1210. The van der Waals surface area contributed by atoms with Gasteiger partial charge in [0.15, 0.2) is 0 Å². The maximum atomic E-state index is 12.3. The van der Waals surface area contributed by atoms with Crippen molar-refractivity contribution < 1.29 is 28.3 Å². The van der Waals surface area contributed by atoms with Crippen LogP contribution in [-0.2, 0) is 20.2 Å². The molecule has 0 saturated carbocycles. The summed E-state index contributed by atoms with van der Waals surface area (Å²) < 4.78 is 29.0. The summed E-state index contributed by atoms with van der Waals surface area (Å²) in [6.07, 6.45) is -0.127. The van der Waals surface area contributed by atoms with Crippen LogP contribution in [0, 0.1) is 6.92 Å². The van der Waals surface area contributed by atoms with Crippen molar-refractivity contribution in [3.05, 3.63) is 72.9 Å². The van der Waals surface area contributed by atoms with Crippen molar-refractivity contribution in [2.45, 2.75) is 44.2 Å². The fourth-order valence-corrected chi connectivity index (χ4v) is 4.16. The molecular weight excluding hydrogens is 471 g/mol. The number of nitrogens with two attached hydrogens (primary N) is 1. The van der Waals surface area contributed by atoms with Crippen molar-refractivity contribution in [1.29, 1.82) is 0 Å². The summed E-state index contributed by atoms with van der Waals surface area (Å²) in [4.78, 5) is 40.9. The molecule has 4 N–H and O–H groups in total. The number of aromatic amines is 1. The number of nitrogens with one attached hydrogen (secondary N) is 1. The van der Waals surface area contributed by atoms with E-state index in [9.17, 15) is 19.0 Å². The Balaban J connectivity index is 1.65. The van der Waals surface area contributed by atoms with Crippen LogP contribution >= 0.6 is 7.82 Å². The number of H-pyrrole nitrogens is 1. The van der Waals surface area contributed by atoms with Crippen LogP contribution in [0.25, 0.3) is 10.4 Å². The van der Waals surface area contributed by atoms with E-state index in [2.05, 4.69) is 15.0 Å². The third-order valence-corrected chi connectivity index (χ3v) is 6.03. The molecule has 0 aliphatic carbocycles. The summed E-state index contributed by atoms with van der Waals surface area (Å²) in [5.74, 6) is 0.00623. The fourth-order valence-electron chi connectivity index (χ4n) is 3.40. The van der Waals surface area contributed by atoms with Gasteiger partial charge in [-0.2, -0.15) is 0 Å². The van der Waals surface area contributed by atoms with Gasteiger partial charge in [0.1, 0.15) is 12.0 Å². The van der Waals surface area contributed by atoms with Gasteiger partial charge in [-0.05, 0) is 36.6 Å². The predicted octanol–water partition coefficient (Wildman–Crippen LogP) is 0.238. The molecule has 5 atom stereocenters. The van der Waals surface area contributed by atoms with E-state index in [1.807, 2.05) is 0 Å². The summed E-state index contributed by atoms with van der Waals surface area (Å²) in [5.41, 5.74) is 14.3. The highest BCUT2D eigenvalue weighted by molar-refractivity contribution is 7.46. The van der Waals surface area contributed by atoms with Crippen molar-refractivity contribution in [3.8, 4) is 5.75 Å². The number of ether oxygens (including phenoxy) is 1. The van der Waals surface area contributed by atoms with E-state index in [4.69, 9.17) is 30.2 Å². The fraction of sp³-hybridized carbons (Fsp3) is 0.474. The molecule has 14 nitrogen and oxygen atoms in total. The van der Waals surface area contributed by atoms with Crippen LogP contribution < -0.4 is 26.4 Å². The number of benzene rings is 1. The molecule has 1 aliphatic rings. The van der Waals surface area contributed by atoms with Crippen LogP contribution in [0.15, 0.2) is 45.2 Å². The minimum Gasteiger partial charge on any atom is -0.746 e. The summed E-state index contributed by atoms with van der Waals surface area (Å²) in [6, 6.07) is 4.79. The van der Waals surface area contributed by atoms with Crippen LogP contribution in [0.5, 0.6) is 5.75 Å². The SMILES string of the molecule is Cc1cn([C@H]2C[C@H](N=[N+]=[N-])[C@@H](COP(=O)([O-])Oc3ccc(C[C@H](N)CO)cc3)O2)c(=O)[nH]c1=O. The highest BCUT2D eigenvalue weighted by atomic mass is 31.2.